The van der Waals surface area contributed by atoms with Gasteiger partial charge >= 0.3 is 0 Å². The molecule has 0 spiro atoms. The lowest BCUT2D eigenvalue weighted by molar-refractivity contribution is -0.120. The zero-order chi connectivity index (χ0) is 16.5. The fourth-order valence-corrected chi connectivity index (χ4v) is 3.39. The molecule has 1 aliphatic carbocycles. The predicted molar refractivity (Wildman–Crippen MR) is 92.2 cm³/mol. The lowest BCUT2D eigenvalue weighted by Gasteiger charge is -2.37. The van der Waals surface area contributed by atoms with E-state index < -0.39 is 5.79 Å². The van der Waals surface area contributed by atoms with Gasteiger partial charge in [-0.1, -0.05) is 44.2 Å². The maximum Gasteiger partial charge on any atom is 0.231 e. The summed E-state index contributed by atoms with van der Waals surface area (Å²) in [6.45, 7) is 14.3. The third-order valence-electron chi connectivity index (χ3n) is 5.13. The summed E-state index contributed by atoms with van der Waals surface area (Å²) < 4.78 is 5.64. The van der Waals surface area contributed by atoms with Crippen molar-refractivity contribution < 1.29 is 9.84 Å². The molecule has 0 amide bonds. The van der Waals surface area contributed by atoms with Gasteiger partial charge in [-0.05, 0) is 49.7 Å². The van der Waals surface area contributed by atoms with Crippen LogP contribution in [0.4, 0.5) is 0 Å². The van der Waals surface area contributed by atoms with Gasteiger partial charge in [-0.15, -0.1) is 0 Å². The number of hydrogen-bond acceptors (Lipinski definition) is 2. The Morgan fingerprint density at radius 2 is 1.95 bits per heavy atom. The van der Waals surface area contributed by atoms with E-state index in [1.165, 1.54) is 24.0 Å². The van der Waals surface area contributed by atoms with Gasteiger partial charge in [-0.2, -0.15) is 0 Å². The third kappa shape index (κ3) is 2.98. The average molecular weight is 300 g/mol. The van der Waals surface area contributed by atoms with E-state index in [-0.39, 0.29) is 5.41 Å². The summed E-state index contributed by atoms with van der Waals surface area (Å²) in [7, 11) is 0. The van der Waals surface area contributed by atoms with E-state index in [2.05, 4.69) is 34.3 Å². The van der Waals surface area contributed by atoms with Gasteiger partial charge in [-0.25, -0.2) is 0 Å². The fraction of sp³-hybridized carbons (Fsp3) is 0.500. The van der Waals surface area contributed by atoms with Crippen molar-refractivity contribution in [2.24, 2.45) is 5.41 Å². The summed E-state index contributed by atoms with van der Waals surface area (Å²) in [6, 6.07) is 0. The molecule has 22 heavy (non-hydrogen) atoms. The van der Waals surface area contributed by atoms with E-state index in [1.54, 1.807) is 19.3 Å². The third-order valence-corrected chi connectivity index (χ3v) is 5.13. The van der Waals surface area contributed by atoms with Crippen LogP contribution in [-0.4, -0.2) is 10.9 Å². The highest BCUT2D eigenvalue weighted by atomic mass is 16.6. The molecule has 1 heterocycles. The van der Waals surface area contributed by atoms with E-state index in [0.29, 0.717) is 0 Å². The van der Waals surface area contributed by atoms with Crippen molar-refractivity contribution in [3.8, 4) is 0 Å². The van der Waals surface area contributed by atoms with Crippen molar-refractivity contribution >= 4 is 0 Å². The Morgan fingerprint density at radius 1 is 1.27 bits per heavy atom. The molecular weight excluding hydrogens is 272 g/mol. The highest BCUT2D eigenvalue weighted by Crippen LogP contribution is 2.45. The van der Waals surface area contributed by atoms with Gasteiger partial charge in [0.15, 0.2) is 0 Å². The molecular formula is C20H28O2. The minimum atomic E-state index is -1.29. The molecule has 0 aromatic heterocycles. The van der Waals surface area contributed by atoms with Gasteiger partial charge < -0.3 is 9.84 Å². The zero-order valence-corrected chi connectivity index (χ0v) is 14.5. The lowest BCUT2D eigenvalue weighted by atomic mass is 9.70. The molecule has 0 aromatic rings. The summed E-state index contributed by atoms with van der Waals surface area (Å²) in [5.41, 5.74) is 6.04. The molecule has 1 N–H and O–H groups in total. The van der Waals surface area contributed by atoms with Crippen LogP contribution >= 0.6 is 0 Å². The van der Waals surface area contributed by atoms with E-state index in [4.69, 9.17) is 4.74 Å². The second kappa shape index (κ2) is 5.92. The number of allylic oxidation sites excluding steroid dienone is 6. The first-order valence-corrected chi connectivity index (χ1v) is 8.02. The second-order valence-corrected chi connectivity index (χ2v) is 7.11. The first-order valence-electron chi connectivity index (χ1n) is 8.02. The molecule has 2 aliphatic rings. The highest BCUT2D eigenvalue weighted by molar-refractivity contribution is 5.55. The van der Waals surface area contributed by atoms with Gasteiger partial charge in [0.2, 0.25) is 5.79 Å². The predicted octanol–water partition coefficient (Wildman–Crippen LogP) is 5.19. The van der Waals surface area contributed by atoms with Crippen LogP contribution in [0.15, 0.2) is 58.9 Å². The smallest absolute Gasteiger partial charge is 0.231 e. The number of rotatable bonds is 3. The van der Waals surface area contributed by atoms with E-state index in [1.807, 2.05) is 12.2 Å². The Bertz CT molecular complexity index is 595. The van der Waals surface area contributed by atoms with Crippen molar-refractivity contribution in [3.05, 3.63) is 58.9 Å². The quantitative estimate of drug-likeness (QED) is 0.726. The Hall–Kier alpha value is -1.54. The largest absolute Gasteiger partial charge is 0.465 e. The molecule has 0 saturated heterocycles. The zero-order valence-electron chi connectivity index (χ0n) is 14.5. The molecule has 0 aromatic carbocycles. The molecule has 1 atom stereocenters. The molecule has 2 heteroatoms. The van der Waals surface area contributed by atoms with Crippen LogP contribution in [0.5, 0.6) is 0 Å². The van der Waals surface area contributed by atoms with Crippen LogP contribution in [0.1, 0.15) is 53.9 Å². The van der Waals surface area contributed by atoms with Crippen molar-refractivity contribution in [1.82, 2.24) is 0 Å². The average Bonchev–Trinajstić information content (AvgIpc) is 2.42. The molecule has 1 aliphatic heterocycles. The van der Waals surface area contributed by atoms with Crippen molar-refractivity contribution in [2.75, 3.05) is 0 Å². The summed E-state index contributed by atoms with van der Waals surface area (Å²) in [4.78, 5) is 0. The minimum absolute atomic E-state index is 0.228. The maximum atomic E-state index is 10.5. The second-order valence-electron chi connectivity index (χ2n) is 7.11. The first kappa shape index (κ1) is 16.8. The number of aliphatic hydroxyl groups is 1. The topological polar surface area (TPSA) is 29.5 Å². The van der Waals surface area contributed by atoms with Crippen LogP contribution < -0.4 is 0 Å². The van der Waals surface area contributed by atoms with Gasteiger partial charge in [0.05, 0.1) is 6.26 Å². The van der Waals surface area contributed by atoms with Gasteiger partial charge in [0.1, 0.15) is 0 Å². The molecule has 120 valence electrons. The van der Waals surface area contributed by atoms with Gasteiger partial charge in [0.25, 0.3) is 0 Å². The van der Waals surface area contributed by atoms with Crippen LogP contribution in [0.25, 0.3) is 0 Å². The van der Waals surface area contributed by atoms with Crippen LogP contribution in [0, 0.1) is 5.41 Å². The SMILES string of the molecule is C=CC=CC1=C(C)C(C2=C(C)C(C)(C)CCC2)=COC1(C)O. The molecule has 1 unspecified atom stereocenters. The lowest BCUT2D eigenvalue weighted by Crippen LogP contribution is -2.32. The molecule has 0 fully saturated rings. The molecule has 0 saturated carbocycles. The Kier molecular flexibility index (Phi) is 4.53. The Labute approximate surface area is 134 Å². The first-order chi connectivity index (χ1) is 10.2. The summed E-state index contributed by atoms with van der Waals surface area (Å²) in [5.74, 6) is -1.29. The molecule has 0 bridgehead atoms. The van der Waals surface area contributed by atoms with E-state index in [9.17, 15) is 5.11 Å². The highest BCUT2D eigenvalue weighted by Gasteiger charge is 2.35. The van der Waals surface area contributed by atoms with Crippen molar-refractivity contribution in [2.45, 2.75) is 59.7 Å². The standard InChI is InChI=1S/C20H28O2/c1-7-8-11-18-14(2)17(13-22-20(18,6)21)16-10-9-12-19(4,5)15(16)3/h7-8,11,13,21H,1,9-10,12H2,2-6H3. The van der Waals surface area contributed by atoms with E-state index >= 15 is 0 Å². The Morgan fingerprint density at radius 3 is 2.59 bits per heavy atom. The minimum Gasteiger partial charge on any atom is -0.465 e. The fourth-order valence-electron chi connectivity index (χ4n) is 3.39. The van der Waals surface area contributed by atoms with Crippen LogP contribution in [-0.2, 0) is 4.74 Å². The van der Waals surface area contributed by atoms with Crippen LogP contribution in [0.3, 0.4) is 0 Å². The molecule has 2 nitrogen and oxygen atoms in total. The van der Waals surface area contributed by atoms with Gasteiger partial charge in [0, 0.05) is 18.1 Å². The Balaban J connectivity index is 2.53. The van der Waals surface area contributed by atoms with Crippen molar-refractivity contribution in [3.63, 3.8) is 0 Å². The van der Waals surface area contributed by atoms with E-state index in [0.717, 1.165) is 23.1 Å². The van der Waals surface area contributed by atoms with Gasteiger partial charge in [-0.3, -0.25) is 0 Å². The monoisotopic (exact) mass is 300 g/mol. The normalized spacial score (nSPS) is 28.7. The van der Waals surface area contributed by atoms with Crippen molar-refractivity contribution in [1.29, 1.82) is 0 Å². The van der Waals surface area contributed by atoms with Crippen LogP contribution in [0.2, 0.25) is 0 Å². The maximum absolute atomic E-state index is 10.5. The number of hydrogen-bond donors (Lipinski definition) is 1. The molecule has 0 radical (unpaired) electrons. The summed E-state index contributed by atoms with van der Waals surface area (Å²) in [6.07, 6.45) is 10.7. The number of ether oxygens (including phenoxy) is 1. The summed E-state index contributed by atoms with van der Waals surface area (Å²) >= 11 is 0. The molecule has 2 rings (SSSR count). The summed E-state index contributed by atoms with van der Waals surface area (Å²) in [5, 5.41) is 10.5.